The number of halogens is 3. The number of hydrogen-bond acceptors (Lipinski definition) is 4. The Morgan fingerprint density at radius 3 is 2.59 bits per heavy atom. The number of carbonyl (C=O) groups excluding carboxylic acids is 1. The number of rotatable bonds is 5. The lowest BCUT2D eigenvalue weighted by molar-refractivity contribution is -0.139. The normalized spacial score (nSPS) is 23.8. The topological polar surface area (TPSA) is 56.6 Å². The van der Waals surface area contributed by atoms with E-state index in [1.807, 2.05) is 37.5 Å². The summed E-state index contributed by atoms with van der Waals surface area (Å²) in [7, 11) is 0. The number of benzene rings is 1. The minimum Gasteiger partial charge on any atom is -0.381 e. The number of piperidine rings is 1. The van der Waals surface area contributed by atoms with Gasteiger partial charge in [-0.25, -0.2) is 0 Å². The Kier molecular flexibility index (Phi) is 6.80. The van der Waals surface area contributed by atoms with Crippen LogP contribution in [0.15, 0.2) is 18.2 Å². The summed E-state index contributed by atoms with van der Waals surface area (Å²) in [6.45, 7) is 11.4. The van der Waals surface area contributed by atoms with Gasteiger partial charge < -0.3 is 14.5 Å². The van der Waals surface area contributed by atoms with Crippen molar-refractivity contribution in [3.8, 4) is 6.07 Å². The summed E-state index contributed by atoms with van der Waals surface area (Å²) in [5.74, 6) is 0.334. The maximum atomic E-state index is 13.5. The first-order valence-corrected chi connectivity index (χ1v) is 11.1. The molecule has 0 radical (unpaired) electrons. The number of ether oxygens (including phenoxy) is 1. The molecule has 2 aliphatic rings. The molecular formula is C24H32F3N3O2. The van der Waals surface area contributed by atoms with Gasteiger partial charge in [-0.2, -0.15) is 18.4 Å². The quantitative estimate of drug-likeness (QED) is 0.651. The van der Waals surface area contributed by atoms with E-state index in [-0.39, 0.29) is 28.2 Å². The Balaban J connectivity index is 1.87. The Bertz CT molecular complexity index is 888. The van der Waals surface area contributed by atoms with Crippen LogP contribution in [0.4, 0.5) is 18.9 Å². The maximum absolute atomic E-state index is 13.5. The number of likely N-dealkylation sites (tertiary alicyclic amines) is 1. The molecule has 2 fully saturated rings. The monoisotopic (exact) mass is 451 g/mol. The molecule has 32 heavy (non-hydrogen) atoms. The van der Waals surface area contributed by atoms with Crippen LogP contribution >= 0.6 is 0 Å². The molecule has 2 aliphatic heterocycles. The van der Waals surface area contributed by atoms with Crippen LogP contribution in [0.1, 0.15) is 51.7 Å². The highest BCUT2D eigenvalue weighted by Gasteiger charge is 2.51. The van der Waals surface area contributed by atoms with Crippen molar-refractivity contribution in [3.05, 3.63) is 29.3 Å². The molecule has 2 atom stereocenters. The summed E-state index contributed by atoms with van der Waals surface area (Å²) in [6, 6.07) is 5.55. The van der Waals surface area contributed by atoms with E-state index in [9.17, 15) is 18.0 Å². The number of hydrogen-bond donors (Lipinski definition) is 0. The molecule has 0 aliphatic carbocycles. The number of fused-ring (bicyclic) bond motifs is 1. The van der Waals surface area contributed by atoms with E-state index < -0.39 is 11.7 Å². The van der Waals surface area contributed by atoms with Crippen molar-refractivity contribution in [2.45, 2.75) is 46.7 Å². The number of nitrogens with zero attached hydrogens (tertiary/aromatic N) is 3. The third kappa shape index (κ3) is 5.20. The fraction of sp³-hybridized carbons (Fsp3) is 0.667. The average molecular weight is 452 g/mol. The third-order valence-corrected chi connectivity index (χ3v) is 6.49. The summed E-state index contributed by atoms with van der Waals surface area (Å²) < 4.78 is 46.3. The fourth-order valence-electron chi connectivity index (χ4n) is 4.93. The van der Waals surface area contributed by atoms with Gasteiger partial charge in [-0.3, -0.25) is 4.79 Å². The van der Waals surface area contributed by atoms with Crippen molar-refractivity contribution in [1.29, 1.82) is 5.26 Å². The first-order chi connectivity index (χ1) is 14.9. The van der Waals surface area contributed by atoms with E-state index in [2.05, 4.69) is 0 Å². The molecule has 0 N–H and O–H groups in total. The second-order valence-corrected chi connectivity index (χ2v) is 10.3. The second kappa shape index (κ2) is 8.93. The second-order valence-electron chi connectivity index (χ2n) is 10.3. The van der Waals surface area contributed by atoms with E-state index in [1.165, 1.54) is 6.07 Å². The van der Waals surface area contributed by atoms with Crippen LogP contribution in [-0.4, -0.2) is 50.2 Å². The molecular weight excluding hydrogens is 419 g/mol. The highest BCUT2D eigenvalue weighted by Crippen LogP contribution is 2.45. The molecule has 0 aromatic heterocycles. The Morgan fingerprint density at radius 2 is 2.00 bits per heavy atom. The largest absolute Gasteiger partial charge is 0.417 e. The van der Waals surface area contributed by atoms with Gasteiger partial charge in [0.15, 0.2) is 0 Å². The molecule has 2 saturated heterocycles. The van der Waals surface area contributed by atoms with Crippen LogP contribution in [0.2, 0.25) is 0 Å². The predicted octanol–water partition coefficient (Wildman–Crippen LogP) is 4.70. The molecule has 176 valence electrons. The van der Waals surface area contributed by atoms with Crippen LogP contribution in [0, 0.1) is 28.1 Å². The molecule has 0 unspecified atom stereocenters. The summed E-state index contributed by atoms with van der Waals surface area (Å²) in [4.78, 5) is 16.8. The van der Waals surface area contributed by atoms with Crippen LogP contribution in [0.25, 0.3) is 0 Å². The van der Waals surface area contributed by atoms with Crippen molar-refractivity contribution < 1.29 is 22.7 Å². The first-order valence-electron chi connectivity index (χ1n) is 11.1. The summed E-state index contributed by atoms with van der Waals surface area (Å²) in [5.41, 5.74) is -1.27. The standard InChI is InChI=1S/C24H32F3N3O2/c1-5-32-16-23-14-29(21(31)11-22(2,3)4)9-8-18(23)13-30(15-23)19-7-6-17(12-28)20(10-19)24(25,26)27/h6-7,10,18H,5,8-9,11,13-16H2,1-4H3/t18-,23+/m0/s1. The van der Waals surface area contributed by atoms with E-state index in [0.717, 1.165) is 12.5 Å². The van der Waals surface area contributed by atoms with Gasteiger partial charge in [0.1, 0.15) is 0 Å². The number of nitriles is 1. The molecule has 8 heteroatoms. The fourth-order valence-corrected chi connectivity index (χ4v) is 4.93. The lowest BCUT2D eigenvalue weighted by atomic mass is 9.73. The highest BCUT2D eigenvalue weighted by atomic mass is 19.4. The summed E-state index contributed by atoms with van der Waals surface area (Å²) >= 11 is 0. The van der Waals surface area contributed by atoms with Gasteiger partial charge in [-0.15, -0.1) is 0 Å². The van der Waals surface area contributed by atoms with Crippen molar-refractivity contribution >= 4 is 11.6 Å². The zero-order valence-electron chi connectivity index (χ0n) is 19.3. The Labute approximate surface area is 188 Å². The maximum Gasteiger partial charge on any atom is 0.417 e. The van der Waals surface area contributed by atoms with E-state index in [1.54, 1.807) is 12.1 Å². The molecule has 0 bridgehead atoms. The molecule has 2 heterocycles. The molecule has 3 rings (SSSR count). The van der Waals surface area contributed by atoms with Crippen molar-refractivity contribution in [2.24, 2.45) is 16.7 Å². The van der Waals surface area contributed by atoms with Gasteiger partial charge >= 0.3 is 6.18 Å². The predicted molar refractivity (Wildman–Crippen MR) is 116 cm³/mol. The first kappa shape index (κ1) is 24.4. The van der Waals surface area contributed by atoms with Gasteiger partial charge in [0.2, 0.25) is 5.91 Å². The zero-order valence-corrected chi connectivity index (χ0v) is 19.3. The molecule has 0 spiro atoms. The van der Waals surface area contributed by atoms with Crippen LogP contribution < -0.4 is 4.90 Å². The molecule has 1 amide bonds. The van der Waals surface area contributed by atoms with Gasteiger partial charge in [0, 0.05) is 50.3 Å². The van der Waals surface area contributed by atoms with Crippen molar-refractivity contribution in [1.82, 2.24) is 4.90 Å². The van der Waals surface area contributed by atoms with Gasteiger partial charge in [0.05, 0.1) is 23.8 Å². The Hall–Kier alpha value is -2.27. The lowest BCUT2D eigenvalue weighted by Gasteiger charge is -2.44. The number of anilines is 1. The van der Waals surface area contributed by atoms with Crippen LogP contribution in [-0.2, 0) is 15.7 Å². The molecule has 0 saturated carbocycles. The zero-order chi connectivity index (χ0) is 23.7. The number of amides is 1. The molecule has 5 nitrogen and oxygen atoms in total. The molecule has 1 aromatic rings. The third-order valence-electron chi connectivity index (χ3n) is 6.49. The van der Waals surface area contributed by atoms with E-state index in [0.29, 0.717) is 51.5 Å². The van der Waals surface area contributed by atoms with Crippen molar-refractivity contribution in [2.75, 3.05) is 44.3 Å². The van der Waals surface area contributed by atoms with Crippen LogP contribution in [0.5, 0.6) is 0 Å². The SMILES string of the molecule is CCOC[C@]12CN(C(=O)CC(C)(C)C)CC[C@H]1CN(c1ccc(C#N)c(C(F)(F)F)c1)C2. The molecule has 1 aromatic carbocycles. The van der Waals surface area contributed by atoms with Crippen LogP contribution in [0.3, 0.4) is 0 Å². The highest BCUT2D eigenvalue weighted by molar-refractivity contribution is 5.77. The van der Waals surface area contributed by atoms with E-state index >= 15 is 0 Å². The van der Waals surface area contributed by atoms with Crippen molar-refractivity contribution in [3.63, 3.8) is 0 Å². The lowest BCUT2D eigenvalue weighted by Crippen LogP contribution is -2.53. The summed E-state index contributed by atoms with van der Waals surface area (Å²) in [5, 5.41) is 9.09. The Morgan fingerprint density at radius 1 is 1.28 bits per heavy atom. The van der Waals surface area contributed by atoms with E-state index in [4.69, 9.17) is 10.00 Å². The van der Waals surface area contributed by atoms with Gasteiger partial charge in [-0.05, 0) is 42.9 Å². The number of alkyl halides is 3. The smallest absolute Gasteiger partial charge is 0.381 e. The minimum absolute atomic E-state index is 0.112. The van der Waals surface area contributed by atoms with Gasteiger partial charge in [-0.1, -0.05) is 20.8 Å². The average Bonchev–Trinajstić information content (AvgIpc) is 3.09. The number of carbonyl (C=O) groups is 1. The summed E-state index contributed by atoms with van der Waals surface area (Å²) in [6.07, 6.45) is -3.34. The minimum atomic E-state index is -4.59. The van der Waals surface area contributed by atoms with Gasteiger partial charge in [0.25, 0.3) is 0 Å².